The molecule has 0 aromatic heterocycles. The van der Waals surface area contributed by atoms with Gasteiger partial charge in [0.15, 0.2) is 0 Å². The van der Waals surface area contributed by atoms with Gasteiger partial charge in [-0.1, -0.05) is 49.4 Å². The Bertz CT molecular complexity index is 508. The van der Waals surface area contributed by atoms with Crippen LogP contribution in [0.15, 0.2) is 54.6 Å². The van der Waals surface area contributed by atoms with Crippen molar-refractivity contribution in [1.82, 2.24) is 0 Å². The van der Waals surface area contributed by atoms with Crippen LogP contribution in [-0.2, 0) is 0 Å². The molecule has 1 N–H and O–H groups in total. The zero-order valence-electron chi connectivity index (χ0n) is 11.4. The Balaban J connectivity index is 2.12. The third-order valence-corrected chi connectivity index (χ3v) is 3.17. The van der Waals surface area contributed by atoms with Crippen LogP contribution in [0.4, 0.5) is 0 Å². The second-order valence-corrected chi connectivity index (χ2v) is 4.74. The van der Waals surface area contributed by atoms with Gasteiger partial charge in [-0.05, 0) is 36.6 Å². The molecule has 100 valence electrons. The first-order valence-electron chi connectivity index (χ1n) is 6.67. The summed E-state index contributed by atoms with van der Waals surface area (Å²) in [5.41, 5.74) is 2.04. The van der Waals surface area contributed by atoms with E-state index in [4.69, 9.17) is 4.74 Å². The number of aliphatic hydroxyl groups excluding tert-OH is 1. The van der Waals surface area contributed by atoms with Gasteiger partial charge < -0.3 is 9.84 Å². The van der Waals surface area contributed by atoms with Gasteiger partial charge >= 0.3 is 0 Å². The van der Waals surface area contributed by atoms with E-state index in [1.54, 1.807) is 0 Å². The summed E-state index contributed by atoms with van der Waals surface area (Å²) < 4.78 is 5.91. The Hall–Kier alpha value is -1.80. The highest BCUT2D eigenvalue weighted by Gasteiger charge is 2.20. The molecule has 0 aliphatic rings. The highest BCUT2D eigenvalue weighted by molar-refractivity contribution is 5.28. The molecule has 0 aliphatic carbocycles. The molecule has 0 aliphatic heterocycles. The Labute approximate surface area is 114 Å². The lowest BCUT2D eigenvalue weighted by Crippen LogP contribution is -2.24. The van der Waals surface area contributed by atoms with Crippen LogP contribution in [0.5, 0.6) is 5.75 Å². The van der Waals surface area contributed by atoms with Gasteiger partial charge in [-0.3, -0.25) is 0 Å². The standard InChI is InChI=1S/C17H20O2/c1-3-16(17(18)14-9-5-4-6-10-14)19-15-11-7-8-13(2)12-15/h4-12,16-18H,3H2,1-2H3. The van der Waals surface area contributed by atoms with Crippen LogP contribution in [-0.4, -0.2) is 11.2 Å². The number of ether oxygens (including phenoxy) is 1. The Morgan fingerprint density at radius 2 is 1.79 bits per heavy atom. The average molecular weight is 256 g/mol. The molecular weight excluding hydrogens is 236 g/mol. The summed E-state index contributed by atoms with van der Waals surface area (Å²) in [4.78, 5) is 0. The molecule has 0 spiro atoms. The van der Waals surface area contributed by atoms with E-state index in [0.29, 0.717) is 0 Å². The maximum Gasteiger partial charge on any atom is 0.128 e. The second kappa shape index (κ2) is 6.39. The van der Waals surface area contributed by atoms with Crippen LogP contribution in [0.3, 0.4) is 0 Å². The first-order valence-corrected chi connectivity index (χ1v) is 6.67. The predicted molar refractivity (Wildman–Crippen MR) is 77.3 cm³/mol. The van der Waals surface area contributed by atoms with Crippen LogP contribution >= 0.6 is 0 Å². The summed E-state index contributed by atoms with van der Waals surface area (Å²) >= 11 is 0. The highest BCUT2D eigenvalue weighted by Crippen LogP contribution is 2.24. The molecule has 0 amide bonds. The normalized spacial score (nSPS) is 13.8. The molecule has 2 heteroatoms. The highest BCUT2D eigenvalue weighted by atomic mass is 16.5. The molecule has 0 radical (unpaired) electrons. The van der Waals surface area contributed by atoms with Crippen molar-refractivity contribution in [1.29, 1.82) is 0 Å². The summed E-state index contributed by atoms with van der Waals surface area (Å²) in [5, 5.41) is 10.4. The number of aliphatic hydroxyl groups is 1. The molecule has 0 bridgehead atoms. The SMILES string of the molecule is CCC(Oc1cccc(C)c1)C(O)c1ccccc1. The molecule has 0 saturated heterocycles. The van der Waals surface area contributed by atoms with Crippen LogP contribution < -0.4 is 4.74 Å². The third kappa shape index (κ3) is 3.58. The van der Waals surface area contributed by atoms with Gasteiger partial charge in [0.05, 0.1) is 0 Å². The summed E-state index contributed by atoms with van der Waals surface area (Å²) in [6, 6.07) is 17.6. The lowest BCUT2D eigenvalue weighted by Gasteiger charge is -2.23. The maximum atomic E-state index is 10.4. The first kappa shape index (κ1) is 13.6. The molecule has 0 saturated carbocycles. The summed E-state index contributed by atoms with van der Waals surface area (Å²) in [6.07, 6.45) is -0.0831. The fraction of sp³-hybridized carbons (Fsp3) is 0.294. The number of hydrogen-bond donors (Lipinski definition) is 1. The Morgan fingerprint density at radius 3 is 2.42 bits per heavy atom. The van der Waals surface area contributed by atoms with Crippen molar-refractivity contribution in [3.8, 4) is 5.75 Å². The van der Waals surface area contributed by atoms with E-state index >= 15 is 0 Å². The van der Waals surface area contributed by atoms with Gasteiger partial charge in [0, 0.05) is 0 Å². The van der Waals surface area contributed by atoms with Crippen LogP contribution in [0.1, 0.15) is 30.6 Å². The van der Waals surface area contributed by atoms with Crippen molar-refractivity contribution >= 4 is 0 Å². The van der Waals surface area contributed by atoms with Gasteiger partial charge in [-0.2, -0.15) is 0 Å². The van der Waals surface area contributed by atoms with Crippen molar-refractivity contribution in [2.45, 2.75) is 32.5 Å². The summed E-state index contributed by atoms with van der Waals surface area (Å²) in [5.74, 6) is 0.807. The zero-order chi connectivity index (χ0) is 13.7. The van der Waals surface area contributed by atoms with Crippen molar-refractivity contribution in [2.24, 2.45) is 0 Å². The second-order valence-electron chi connectivity index (χ2n) is 4.74. The molecular formula is C17H20O2. The molecule has 2 rings (SSSR count). The molecule has 2 aromatic rings. The van der Waals surface area contributed by atoms with E-state index in [-0.39, 0.29) is 6.10 Å². The van der Waals surface area contributed by atoms with Crippen molar-refractivity contribution in [2.75, 3.05) is 0 Å². The van der Waals surface area contributed by atoms with Crippen LogP contribution in [0.25, 0.3) is 0 Å². The van der Waals surface area contributed by atoms with Crippen molar-refractivity contribution < 1.29 is 9.84 Å². The van der Waals surface area contributed by atoms with Crippen LogP contribution in [0.2, 0.25) is 0 Å². The molecule has 19 heavy (non-hydrogen) atoms. The van der Waals surface area contributed by atoms with Gasteiger partial charge in [0.2, 0.25) is 0 Å². The predicted octanol–water partition coefficient (Wildman–Crippen LogP) is 3.89. The van der Waals surface area contributed by atoms with E-state index in [2.05, 4.69) is 0 Å². The van der Waals surface area contributed by atoms with Gasteiger partial charge in [-0.15, -0.1) is 0 Å². The molecule has 0 heterocycles. The molecule has 2 atom stereocenters. The minimum absolute atomic E-state index is 0.232. The molecule has 0 fully saturated rings. The van der Waals surface area contributed by atoms with Crippen molar-refractivity contribution in [3.63, 3.8) is 0 Å². The zero-order valence-corrected chi connectivity index (χ0v) is 11.4. The first-order chi connectivity index (χ1) is 9.20. The van der Waals surface area contributed by atoms with E-state index < -0.39 is 6.10 Å². The molecule has 2 nitrogen and oxygen atoms in total. The van der Waals surface area contributed by atoms with E-state index in [1.165, 1.54) is 0 Å². The average Bonchev–Trinajstić information content (AvgIpc) is 2.45. The maximum absolute atomic E-state index is 10.4. The fourth-order valence-electron chi connectivity index (χ4n) is 2.10. The largest absolute Gasteiger partial charge is 0.487 e. The Morgan fingerprint density at radius 1 is 1.05 bits per heavy atom. The number of rotatable bonds is 5. The number of hydrogen-bond acceptors (Lipinski definition) is 2. The van der Waals surface area contributed by atoms with E-state index in [1.807, 2.05) is 68.4 Å². The minimum Gasteiger partial charge on any atom is -0.487 e. The lowest BCUT2D eigenvalue weighted by atomic mass is 10.0. The molecule has 2 unspecified atom stereocenters. The molecule has 2 aromatic carbocycles. The van der Waals surface area contributed by atoms with Crippen molar-refractivity contribution in [3.05, 3.63) is 65.7 Å². The smallest absolute Gasteiger partial charge is 0.128 e. The minimum atomic E-state index is -0.605. The number of aryl methyl sites for hydroxylation is 1. The Kier molecular flexibility index (Phi) is 4.58. The summed E-state index contributed by atoms with van der Waals surface area (Å²) in [7, 11) is 0. The number of benzene rings is 2. The van der Waals surface area contributed by atoms with E-state index in [9.17, 15) is 5.11 Å². The quantitative estimate of drug-likeness (QED) is 0.879. The van der Waals surface area contributed by atoms with Crippen LogP contribution in [0, 0.1) is 6.92 Å². The van der Waals surface area contributed by atoms with Gasteiger partial charge in [0.1, 0.15) is 18.0 Å². The monoisotopic (exact) mass is 256 g/mol. The third-order valence-electron chi connectivity index (χ3n) is 3.17. The van der Waals surface area contributed by atoms with Gasteiger partial charge in [-0.25, -0.2) is 0 Å². The summed E-state index contributed by atoms with van der Waals surface area (Å²) in [6.45, 7) is 4.05. The fourth-order valence-corrected chi connectivity index (χ4v) is 2.10. The van der Waals surface area contributed by atoms with E-state index in [0.717, 1.165) is 23.3 Å². The topological polar surface area (TPSA) is 29.5 Å². The lowest BCUT2D eigenvalue weighted by molar-refractivity contribution is 0.0331. The van der Waals surface area contributed by atoms with Gasteiger partial charge in [0.25, 0.3) is 0 Å².